The molecule has 2 rings (SSSR count). The molecule has 27 heavy (non-hydrogen) atoms. The summed E-state index contributed by atoms with van der Waals surface area (Å²) < 4.78 is 0. The highest BCUT2D eigenvalue weighted by atomic mass is 127. The average molecular weight is 486 g/mol. The second kappa shape index (κ2) is 12.2. The zero-order valence-electron chi connectivity index (χ0n) is 17.1. The molecule has 2 unspecified atom stereocenters. The summed E-state index contributed by atoms with van der Waals surface area (Å²) in [4.78, 5) is 18.4. The molecule has 0 aliphatic heterocycles. The lowest BCUT2D eigenvalue weighted by Gasteiger charge is -2.28. The van der Waals surface area contributed by atoms with Gasteiger partial charge in [0.1, 0.15) is 0 Å². The monoisotopic (exact) mass is 486 g/mol. The van der Waals surface area contributed by atoms with Crippen LogP contribution in [0.5, 0.6) is 0 Å². The second-order valence-electron chi connectivity index (χ2n) is 7.52. The Bertz CT molecular complexity index is 618. The minimum atomic E-state index is 0. The van der Waals surface area contributed by atoms with Crippen LogP contribution in [-0.2, 0) is 6.42 Å². The number of halogens is 1. The van der Waals surface area contributed by atoms with Crippen LogP contribution in [0.1, 0.15) is 55.5 Å². The molecule has 5 nitrogen and oxygen atoms in total. The first-order chi connectivity index (χ1) is 12.5. The van der Waals surface area contributed by atoms with Gasteiger partial charge in [0.25, 0.3) is 5.91 Å². The molecule has 1 fully saturated rings. The molecule has 0 radical (unpaired) electrons. The van der Waals surface area contributed by atoms with Crippen molar-refractivity contribution >= 4 is 35.8 Å². The van der Waals surface area contributed by atoms with Crippen LogP contribution in [0, 0.1) is 5.92 Å². The smallest absolute Gasteiger partial charge is 0.253 e. The number of hydrogen-bond donors (Lipinski definition) is 2. The van der Waals surface area contributed by atoms with Crippen LogP contribution in [0.15, 0.2) is 29.3 Å². The Labute approximate surface area is 181 Å². The van der Waals surface area contributed by atoms with Gasteiger partial charge in [0.2, 0.25) is 0 Å². The molecule has 1 amide bonds. The van der Waals surface area contributed by atoms with Crippen molar-refractivity contribution in [2.75, 3.05) is 27.2 Å². The van der Waals surface area contributed by atoms with E-state index in [1.165, 1.54) is 25.7 Å². The predicted octanol–water partition coefficient (Wildman–Crippen LogP) is 3.68. The highest BCUT2D eigenvalue weighted by Crippen LogP contribution is 2.23. The third-order valence-corrected chi connectivity index (χ3v) is 4.87. The summed E-state index contributed by atoms with van der Waals surface area (Å²) in [6, 6.07) is 8.37. The van der Waals surface area contributed by atoms with Crippen molar-refractivity contribution in [1.82, 2.24) is 15.5 Å². The molecule has 0 aromatic heterocycles. The Morgan fingerprint density at radius 2 is 2.07 bits per heavy atom. The molecular formula is C21H35IN4O. The lowest BCUT2D eigenvalue weighted by atomic mass is 9.87. The van der Waals surface area contributed by atoms with Gasteiger partial charge in [0.05, 0.1) is 0 Å². The van der Waals surface area contributed by atoms with E-state index in [4.69, 9.17) is 4.99 Å². The first kappa shape index (κ1) is 23.7. The van der Waals surface area contributed by atoms with E-state index in [2.05, 4.69) is 30.5 Å². The fraction of sp³-hybridized carbons (Fsp3) is 0.619. The number of benzene rings is 1. The second-order valence-corrected chi connectivity index (χ2v) is 7.52. The molecule has 1 aliphatic rings. The molecule has 0 bridgehead atoms. The van der Waals surface area contributed by atoms with Crippen molar-refractivity contribution in [3.8, 4) is 0 Å². The number of nitrogens with one attached hydrogen (secondary N) is 2. The SMILES string of the molecule is CCNC(=NCCc1cccc(C(=O)N(C)C)c1)NC1CCCC(C)C1.I. The maximum Gasteiger partial charge on any atom is 0.253 e. The summed E-state index contributed by atoms with van der Waals surface area (Å²) in [7, 11) is 3.56. The van der Waals surface area contributed by atoms with E-state index in [-0.39, 0.29) is 29.9 Å². The third kappa shape index (κ3) is 8.07. The maximum atomic E-state index is 12.1. The fourth-order valence-electron chi connectivity index (χ4n) is 3.49. The van der Waals surface area contributed by atoms with Gasteiger partial charge in [-0.15, -0.1) is 24.0 Å². The van der Waals surface area contributed by atoms with Crippen molar-refractivity contribution in [3.63, 3.8) is 0 Å². The first-order valence-electron chi connectivity index (χ1n) is 9.85. The van der Waals surface area contributed by atoms with Crippen LogP contribution in [0.25, 0.3) is 0 Å². The summed E-state index contributed by atoms with van der Waals surface area (Å²) in [5.74, 6) is 1.74. The predicted molar refractivity (Wildman–Crippen MR) is 124 cm³/mol. The van der Waals surface area contributed by atoms with Gasteiger partial charge in [-0.3, -0.25) is 9.79 Å². The molecule has 6 heteroatoms. The van der Waals surface area contributed by atoms with Crippen LogP contribution >= 0.6 is 24.0 Å². The summed E-state index contributed by atoms with van der Waals surface area (Å²) in [6.07, 6.45) is 5.91. The van der Waals surface area contributed by atoms with Crippen LogP contribution in [0.3, 0.4) is 0 Å². The molecule has 1 saturated carbocycles. The lowest BCUT2D eigenvalue weighted by Crippen LogP contribution is -2.45. The fourth-order valence-corrected chi connectivity index (χ4v) is 3.49. The zero-order chi connectivity index (χ0) is 18.9. The highest BCUT2D eigenvalue weighted by Gasteiger charge is 2.19. The van der Waals surface area contributed by atoms with E-state index in [1.807, 2.05) is 18.2 Å². The van der Waals surface area contributed by atoms with Crippen LogP contribution in [0.2, 0.25) is 0 Å². The maximum absolute atomic E-state index is 12.1. The van der Waals surface area contributed by atoms with E-state index >= 15 is 0 Å². The van der Waals surface area contributed by atoms with Crippen molar-refractivity contribution < 1.29 is 4.79 Å². The third-order valence-electron chi connectivity index (χ3n) is 4.87. The summed E-state index contributed by atoms with van der Waals surface area (Å²) in [6.45, 7) is 6.00. The van der Waals surface area contributed by atoms with Gasteiger partial charge >= 0.3 is 0 Å². The molecule has 0 saturated heterocycles. The number of amides is 1. The molecule has 2 N–H and O–H groups in total. The summed E-state index contributed by atoms with van der Waals surface area (Å²) in [5, 5.41) is 6.95. The lowest BCUT2D eigenvalue weighted by molar-refractivity contribution is 0.0827. The van der Waals surface area contributed by atoms with E-state index in [0.29, 0.717) is 12.6 Å². The van der Waals surface area contributed by atoms with Crippen LogP contribution < -0.4 is 10.6 Å². The Hall–Kier alpha value is -1.31. The summed E-state index contributed by atoms with van der Waals surface area (Å²) >= 11 is 0. The molecule has 152 valence electrons. The van der Waals surface area contributed by atoms with E-state index in [1.54, 1.807) is 19.0 Å². The van der Waals surface area contributed by atoms with Crippen LogP contribution in [-0.4, -0.2) is 50.0 Å². The molecule has 1 aromatic carbocycles. The molecule has 0 heterocycles. The van der Waals surface area contributed by atoms with Gasteiger partial charge in [-0.05, 0) is 49.8 Å². The molecule has 0 spiro atoms. The molecule has 1 aliphatic carbocycles. The van der Waals surface area contributed by atoms with Crippen molar-refractivity contribution in [2.24, 2.45) is 10.9 Å². The Balaban J connectivity index is 0.00000364. The zero-order valence-corrected chi connectivity index (χ0v) is 19.5. The van der Waals surface area contributed by atoms with Gasteiger partial charge in [-0.25, -0.2) is 0 Å². The van der Waals surface area contributed by atoms with E-state index in [9.17, 15) is 4.79 Å². The number of hydrogen-bond acceptors (Lipinski definition) is 2. The largest absolute Gasteiger partial charge is 0.357 e. The Morgan fingerprint density at radius 3 is 2.74 bits per heavy atom. The topological polar surface area (TPSA) is 56.7 Å². The number of carbonyl (C=O) groups excluding carboxylic acids is 1. The Kier molecular flexibility index (Phi) is 10.7. The highest BCUT2D eigenvalue weighted by molar-refractivity contribution is 14.0. The standard InChI is InChI=1S/C21H34N4O.HI/c1-5-22-21(24-19-11-6-8-16(2)14-19)23-13-12-17-9-7-10-18(15-17)20(26)25(3)4;/h7,9-10,15-16,19H,5-6,8,11-14H2,1-4H3,(H2,22,23,24);1H. The summed E-state index contributed by atoms with van der Waals surface area (Å²) in [5.41, 5.74) is 1.88. The number of carbonyl (C=O) groups is 1. The van der Waals surface area contributed by atoms with Gasteiger partial charge in [0, 0.05) is 38.8 Å². The molecular weight excluding hydrogens is 451 g/mol. The number of guanidine groups is 1. The normalized spacial score (nSPS) is 19.8. The number of nitrogens with zero attached hydrogens (tertiary/aromatic N) is 2. The minimum absolute atomic E-state index is 0. The van der Waals surface area contributed by atoms with E-state index < -0.39 is 0 Å². The van der Waals surface area contributed by atoms with Crippen molar-refractivity contribution in [1.29, 1.82) is 0 Å². The van der Waals surface area contributed by atoms with E-state index in [0.717, 1.165) is 36.0 Å². The first-order valence-corrected chi connectivity index (χ1v) is 9.85. The van der Waals surface area contributed by atoms with Gasteiger partial charge in [-0.1, -0.05) is 31.9 Å². The average Bonchev–Trinajstić information content (AvgIpc) is 2.61. The van der Waals surface area contributed by atoms with Crippen LogP contribution in [0.4, 0.5) is 0 Å². The van der Waals surface area contributed by atoms with Gasteiger partial charge < -0.3 is 15.5 Å². The van der Waals surface area contributed by atoms with Crippen molar-refractivity contribution in [3.05, 3.63) is 35.4 Å². The Morgan fingerprint density at radius 1 is 1.30 bits per heavy atom. The molecule has 1 aromatic rings. The number of rotatable bonds is 6. The van der Waals surface area contributed by atoms with Crippen molar-refractivity contribution in [2.45, 2.75) is 52.0 Å². The van der Waals surface area contributed by atoms with Gasteiger partial charge in [0.15, 0.2) is 5.96 Å². The quantitative estimate of drug-likeness (QED) is 0.367. The molecule has 2 atom stereocenters. The minimum Gasteiger partial charge on any atom is -0.357 e. The van der Waals surface area contributed by atoms with Gasteiger partial charge in [-0.2, -0.15) is 0 Å². The number of aliphatic imine (C=N–C) groups is 1.